The van der Waals surface area contributed by atoms with Gasteiger partial charge in [0.1, 0.15) is 12.4 Å². The number of methoxy groups -OCH3 is 1. The molecule has 1 aromatic rings. The molecule has 0 bridgehead atoms. The summed E-state index contributed by atoms with van der Waals surface area (Å²) in [6, 6.07) is 4.90. The topological polar surface area (TPSA) is 84.9 Å². The summed E-state index contributed by atoms with van der Waals surface area (Å²) < 4.78 is 35.5. The summed E-state index contributed by atoms with van der Waals surface area (Å²) in [5, 5.41) is 2.68. The second-order valence-electron chi connectivity index (χ2n) is 4.81. The third-order valence-electron chi connectivity index (χ3n) is 3.28. The summed E-state index contributed by atoms with van der Waals surface area (Å²) in [7, 11) is -1.77. The van der Waals surface area contributed by atoms with Crippen LogP contribution in [0.15, 0.2) is 18.2 Å². The van der Waals surface area contributed by atoms with Crippen molar-refractivity contribution in [3.63, 3.8) is 0 Å². The van der Waals surface area contributed by atoms with Crippen LogP contribution in [0.25, 0.3) is 0 Å². The molecule has 1 aromatic carbocycles. The van der Waals surface area contributed by atoms with Gasteiger partial charge in [0, 0.05) is 19.2 Å². The molecule has 122 valence electrons. The summed E-state index contributed by atoms with van der Waals surface area (Å²) in [5.41, 5.74) is 1.02. The van der Waals surface area contributed by atoms with E-state index in [2.05, 4.69) is 5.32 Å². The minimum atomic E-state index is -3.24. The van der Waals surface area contributed by atoms with Crippen LogP contribution in [-0.2, 0) is 19.6 Å². The minimum absolute atomic E-state index is 0.0398. The van der Waals surface area contributed by atoms with Crippen LogP contribution >= 0.6 is 0 Å². The molecule has 0 atom stereocenters. The summed E-state index contributed by atoms with van der Waals surface area (Å²) in [4.78, 5) is 11.7. The fraction of sp³-hybridized carbons (Fsp3) is 0.500. The Kier molecular flexibility index (Phi) is 5.25. The maximum absolute atomic E-state index is 11.9. The molecule has 22 heavy (non-hydrogen) atoms. The van der Waals surface area contributed by atoms with Crippen molar-refractivity contribution >= 4 is 27.3 Å². The van der Waals surface area contributed by atoms with Gasteiger partial charge in [-0.2, -0.15) is 0 Å². The maximum atomic E-state index is 11.9. The van der Waals surface area contributed by atoms with Gasteiger partial charge in [0.2, 0.25) is 15.9 Å². The molecule has 8 heteroatoms. The Balaban J connectivity index is 2.19. The Morgan fingerprint density at radius 2 is 2.18 bits per heavy atom. The first kappa shape index (κ1) is 16.6. The second-order valence-corrected chi connectivity index (χ2v) is 6.82. The lowest BCUT2D eigenvalue weighted by molar-refractivity contribution is -0.120. The van der Waals surface area contributed by atoms with Gasteiger partial charge in [0.05, 0.1) is 24.2 Å². The number of ether oxygens (including phenoxy) is 2. The number of nitrogens with zero attached hydrogens (tertiary/aromatic N) is 1. The lowest BCUT2D eigenvalue weighted by Gasteiger charge is -2.19. The van der Waals surface area contributed by atoms with Crippen LogP contribution in [0.1, 0.15) is 13.3 Å². The predicted octanol–water partition coefficient (Wildman–Crippen LogP) is 1.21. The van der Waals surface area contributed by atoms with E-state index in [-0.39, 0.29) is 18.3 Å². The highest BCUT2D eigenvalue weighted by atomic mass is 32.2. The summed E-state index contributed by atoms with van der Waals surface area (Å²) in [6.07, 6.45) is 0.609. The number of hydrogen-bond donors (Lipinski definition) is 1. The van der Waals surface area contributed by atoms with Crippen LogP contribution < -0.4 is 14.4 Å². The van der Waals surface area contributed by atoms with Crippen molar-refractivity contribution in [1.29, 1.82) is 0 Å². The third kappa shape index (κ3) is 3.69. The fourth-order valence-corrected chi connectivity index (χ4v) is 3.81. The van der Waals surface area contributed by atoms with Gasteiger partial charge in [0.25, 0.3) is 0 Å². The van der Waals surface area contributed by atoms with Crippen LogP contribution in [0.2, 0.25) is 0 Å². The summed E-state index contributed by atoms with van der Waals surface area (Å²) in [6.45, 7) is 2.68. The molecule has 2 rings (SSSR count). The number of carbonyl (C=O) groups excluding carboxylic acids is 1. The number of benzene rings is 1. The standard InChI is InChI=1S/C14H20N2O5S/c1-3-21-10-14(17)15-12-6-5-11(9-13(12)20-2)16-7-4-8-22(16,18)19/h5-6,9H,3-4,7-8,10H2,1-2H3,(H,15,17). The molecule has 0 radical (unpaired) electrons. The van der Waals surface area contributed by atoms with E-state index in [1.54, 1.807) is 25.1 Å². The zero-order valence-corrected chi connectivity index (χ0v) is 13.5. The van der Waals surface area contributed by atoms with E-state index in [9.17, 15) is 13.2 Å². The third-order valence-corrected chi connectivity index (χ3v) is 5.15. The Morgan fingerprint density at radius 3 is 2.77 bits per heavy atom. The Hall–Kier alpha value is -1.80. The molecule has 1 heterocycles. The smallest absolute Gasteiger partial charge is 0.250 e. The molecule has 1 saturated heterocycles. The molecule has 0 unspecified atom stereocenters. The summed E-state index contributed by atoms with van der Waals surface area (Å²) >= 11 is 0. The van der Waals surface area contributed by atoms with E-state index in [0.29, 0.717) is 36.7 Å². The molecule has 7 nitrogen and oxygen atoms in total. The average molecular weight is 328 g/mol. The Morgan fingerprint density at radius 1 is 1.41 bits per heavy atom. The first-order chi connectivity index (χ1) is 10.5. The van der Waals surface area contributed by atoms with E-state index in [4.69, 9.17) is 9.47 Å². The molecular formula is C14H20N2O5S. The zero-order chi connectivity index (χ0) is 16.2. The number of anilines is 2. The molecule has 1 aliphatic rings. The molecule has 0 aromatic heterocycles. The maximum Gasteiger partial charge on any atom is 0.250 e. The molecule has 0 aliphatic carbocycles. The molecule has 1 aliphatic heterocycles. The van der Waals surface area contributed by atoms with E-state index >= 15 is 0 Å². The van der Waals surface area contributed by atoms with Crippen molar-refractivity contribution in [3.8, 4) is 5.75 Å². The molecular weight excluding hydrogens is 308 g/mol. The van der Waals surface area contributed by atoms with Crippen LogP contribution in [0, 0.1) is 0 Å². The van der Waals surface area contributed by atoms with Gasteiger partial charge in [-0.25, -0.2) is 8.42 Å². The lowest BCUT2D eigenvalue weighted by Crippen LogP contribution is -2.25. The Bertz CT molecular complexity index is 645. The van der Waals surface area contributed by atoms with Gasteiger partial charge >= 0.3 is 0 Å². The SMILES string of the molecule is CCOCC(=O)Nc1ccc(N2CCCS2(=O)=O)cc1OC. The number of nitrogens with one attached hydrogen (secondary N) is 1. The van der Waals surface area contributed by atoms with Gasteiger partial charge in [0.15, 0.2) is 0 Å². The molecule has 0 saturated carbocycles. The van der Waals surface area contributed by atoms with Gasteiger partial charge < -0.3 is 14.8 Å². The van der Waals surface area contributed by atoms with Crippen molar-refractivity contribution in [2.24, 2.45) is 0 Å². The highest BCUT2D eigenvalue weighted by Crippen LogP contribution is 2.32. The lowest BCUT2D eigenvalue weighted by atomic mass is 10.2. The number of carbonyl (C=O) groups is 1. The zero-order valence-electron chi connectivity index (χ0n) is 12.7. The number of sulfonamides is 1. The largest absolute Gasteiger partial charge is 0.494 e. The van der Waals surface area contributed by atoms with Crippen molar-refractivity contribution in [2.75, 3.05) is 42.2 Å². The quantitative estimate of drug-likeness (QED) is 0.848. The molecule has 1 N–H and O–H groups in total. The van der Waals surface area contributed by atoms with Crippen LogP contribution in [0.5, 0.6) is 5.75 Å². The van der Waals surface area contributed by atoms with Crippen molar-refractivity contribution in [2.45, 2.75) is 13.3 Å². The van der Waals surface area contributed by atoms with E-state index in [1.807, 2.05) is 0 Å². The van der Waals surface area contributed by atoms with E-state index in [1.165, 1.54) is 11.4 Å². The molecule has 0 spiro atoms. The minimum Gasteiger partial charge on any atom is -0.494 e. The highest BCUT2D eigenvalue weighted by Gasteiger charge is 2.29. The van der Waals surface area contributed by atoms with Crippen molar-refractivity contribution in [1.82, 2.24) is 0 Å². The van der Waals surface area contributed by atoms with E-state index in [0.717, 1.165) is 0 Å². The monoisotopic (exact) mass is 328 g/mol. The van der Waals surface area contributed by atoms with Gasteiger partial charge in [-0.1, -0.05) is 0 Å². The normalized spacial score (nSPS) is 16.5. The van der Waals surface area contributed by atoms with Crippen LogP contribution in [-0.4, -0.2) is 46.9 Å². The van der Waals surface area contributed by atoms with Crippen LogP contribution in [0.4, 0.5) is 11.4 Å². The molecule has 1 fully saturated rings. The number of amides is 1. The first-order valence-electron chi connectivity index (χ1n) is 7.04. The number of rotatable bonds is 6. The van der Waals surface area contributed by atoms with Crippen molar-refractivity contribution in [3.05, 3.63) is 18.2 Å². The predicted molar refractivity (Wildman–Crippen MR) is 83.9 cm³/mol. The van der Waals surface area contributed by atoms with E-state index < -0.39 is 10.0 Å². The van der Waals surface area contributed by atoms with Gasteiger partial charge in [-0.3, -0.25) is 9.10 Å². The van der Waals surface area contributed by atoms with Gasteiger partial charge in [-0.15, -0.1) is 0 Å². The first-order valence-corrected chi connectivity index (χ1v) is 8.65. The average Bonchev–Trinajstić information content (AvgIpc) is 2.85. The summed E-state index contributed by atoms with van der Waals surface area (Å²) in [5.74, 6) is 0.272. The van der Waals surface area contributed by atoms with Crippen molar-refractivity contribution < 1.29 is 22.7 Å². The highest BCUT2D eigenvalue weighted by molar-refractivity contribution is 7.93. The molecule has 1 amide bonds. The number of hydrogen-bond acceptors (Lipinski definition) is 5. The second kappa shape index (κ2) is 6.97. The Labute approximate surface area is 130 Å². The van der Waals surface area contributed by atoms with Gasteiger partial charge in [-0.05, 0) is 25.5 Å². The fourth-order valence-electron chi connectivity index (χ4n) is 2.25. The van der Waals surface area contributed by atoms with Crippen LogP contribution in [0.3, 0.4) is 0 Å².